The fraction of sp³-hybridized carbons (Fsp3) is 1.00. The topological polar surface area (TPSA) is 69.4 Å². The summed E-state index contributed by atoms with van der Waals surface area (Å²) >= 11 is 0. The second kappa shape index (κ2) is 6.34. The molecule has 0 aromatic rings. The number of nitrogens with two attached hydrogens (primary N) is 1. The number of hydrogen-bond donors (Lipinski definition) is 1. The van der Waals surface area contributed by atoms with Gasteiger partial charge in [0.25, 0.3) is 0 Å². The maximum absolute atomic E-state index is 11.1. The fourth-order valence-electron chi connectivity index (χ4n) is 1.01. The van der Waals surface area contributed by atoms with Crippen LogP contribution in [-0.2, 0) is 14.6 Å². The summed E-state index contributed by atoms with van der Waals surface area (Å²) in [5, 5.41) is 0. The third kappa shape index (κ3) is 6.98. The van der Waals surface area contributed by atoms with Gasteiger partial charge in [0.1, 0.15) is 9.84 Å². The van der Waals surface area contributed by atoms with Crippen LogP contribution in [-0.4, -0.2) is 39.7 Å². The predicted molar refractivity (Wildman–Crippen MR) is 53.4 cm³/mol. The average Bonchev–Trinajstić information content (AvgIpc) is 2.05. The highest BCUT2D eigenvalue weighted by molar-refractivity contribution is 7.91. The summed E-state index contributed by atoms with van der Waals surface area (Å²) in [6.45, 7) is 2.15. The molecule has 0 radical (unpaired) electrons. The highest BCUT2D eigenvalue weighted by atomic mass is 32.2. The van der Waals surface area contributed by atoms with E-state index in [2.05, 4.69) is 0 Å². The van der Waals surface area contributed by atoms with Crippen molar-refractivity contribution in [2.45, 2.75) is 25.8 Å². The van der Waals surface area contributed by atoms with Gasteiger partial charge in [-0.3, -0.25) is 0 Å². The van der Waals surface area contributed by atoms with E-state index in [-0.39, 0.29) is 17.5 Å². The van der Waals surface area contributed by atoms with Crippen molar-refractivity contribution in [2.75, 3.05) is 25.2 Å². The SMILES string of the molecule is CCS(=O)(=O)CCCC(N)COC. The van der Waals surface area contributed by atoms with Gasteiger partial charge >= 0.3 is 0 Å². The molecule has 0 saturated heterocycles. The van der Waals surface area contributed by atoms with Crippen molar-refractivity contribution in [3.63, 3.8) is 0 Å². The van der Waals surface area contributed by atoms with E-state index < -0.39 is 9.84 Å². The zero-order chi connectivity index (χ0) is 10.3. The lowest BCUT2D eigenvalue weighted by atomic mass is 10.2. The van der Waals surface area contributed by atoms with Crippen molar-refractivity contribution in [3.05, 3.63) is 0 Å². The smallest absolute Gasteiger partial charge is 0.150 e. The maximum atomic E-state index is 11.1. The molecule has 0 aliphatic carbocycles. The summed E-state index contributed by atoms with van der Waals surface area (Å²) in [5.41, 5.74) is 5.64. The first kappa shape index (κ1) is 12.9. The maximum Gasteiger partial charge on any atom is 0.150 e. The van der Waals surface area contributed by atoms with Gasteiger partial charge in [0.05, 0.1) is 12.4 Å². The Morgan fingerprint density at radius 1 is 1.46 bits per heavy atom. The third-order valence-electron chi connectivity index (χ3n) is 1.85. The number of sulfone groups is 1. The predicted octanol–water partition coefficient (Wildman–Crippen LogP) is 0.175. The van der Waals surface area contributed by atoms with E-state index >= 15 is 0 Å². The van der Waals surface area contributed by atoms with Crippen molar-refractivity contribution in [3.8, 4) is 0 Å². The van der Waals surface area contributed by atoms with Gasteiger partial charge in [0.2, 0.25) is 0 Å². The summed E-state index contributed by atoms with van der Waals surface area (Å²) in [6.07, 6.45) is 1.33. The molecule has 1 atom stereocenters. The molecular weight excluding hydrogens is 190 g/mol. The van der Waals surface area contributed by atoms with Gasteiger partial charge in [0, 0.05) is 18.9 Å². The minimum atomic E-state index is -2.83. The van der Waals surface area contributed by atoms with Crippen LogP contribution in [0, 0.1) is 0 Å². The van der Waals surface area contributed by atoms with Crippen LogP contribution in [0.3, 0.4) is 0 Å². The number of hydrogen-bond acceptors (Lipinski definition) is 4. The largest absolute Gasteiger partial charge is 0.383 e. The van der Waals surface area contributed by atoms with Gasteiger partial charge in [-0.1, -0.05) is 6.92 Å². The standard InChI is InChI=1S/C8H19NO3S/c1-3-13(10,11)6-4-5-8(9)7-12-2/h8H,3-7,9H2,1-2H3. The molecule has 0 heterocycles. The van der Waals surface area contributed by atoms with Crippen LogP contribution in [0.4, 0.5) is 0 Å². The van der Waals surface area contributed by atoms with Crippen LogP contribution < -0.4 is 5.73 Å². The summed E-state index contributed by atoms with van der Waals surface area (Å²) in [4.78, 5) is 0. The molecule has 5 heteroatoms. The van der Waals surface area contributed by atoms with Crippen molar-refractivity contribution >= 4 is 9.84 Å². The lowest BCUT2D eigenvalue weighted by molar-refractivity contribution is 0.177. The van der Waals surface area contributed by atoms with E-state index in [0.717, 1.165) is 0 Å². The first-order chi connectivity index (χ1) is 6.02. The Morgan fingerprint density at radius 3 is 2.54 bits per heavy atom. The molecule has 13 heavy (non-hydrogen) atoms. The molecule has 0 aromatic carbocycles. The normalized spacial score (nSPS) is 14.4. The van der Waals surface area contributed by atoms with E-state index in [9.17, 15) is 8.42 Å². The van der Waals surface area contributed by atoms with Crippen molar-refractivity contribution in [1.29, 1.82) is 0 Å². The molecule has 2 N–H and O–H groups in total. The second-order valence-electron chi connectivity index (χ2n) is 3.09. The minimum Gasteiger partial charge on any atom is -0.383 e. The zero-order valence-electron chi connectivity index (χ0n) is 8.32. The molecule has 4 nitrogen and oxygen atoms in total. The summed E-state index contributed by atoms with van der Waals surface area (Å²) < 4.78 is 27.0. The zero-order valence-corrected chi connectivity index (χ0v) is 9.14. The van der Waals surface area contributed by atoms with Crippen LogP contribution in [0.1, 0.15) is 19.8 Å². The van der Waals surface area contributed by atoms with Gasteiger partial charge in [0.15, 0.2) is 0 Å². The molecule has 0 fully saturated rings. The van der Waals surface area contributed by atoms with E-state index in [0.29, 0.717) is 19.4 Å². The number of methoxy groups -OCH3 is 1. The molecule has 80 valence electrons. The Labute approximate surface area is 80.4 Å². The van der Waals surface area contributed by atoms with Crippen LogP contribution in [0.2, 0.25) is 0 Å². The molecule has 1 unspecified atom stereocenters. The van der Waals surface area contributed by atoms with Crippen LogP contribution in [0.5, 0.6) is 0 Å². The van der Waals surface area contributed by atoms with E-state index in [1.165, 1.54) is 0 Å². The summed E-state index contributed by atoms with van der Waals surface area (Å²) in [6, 6.07) is -0.0444. The van der Waals surface area contributed by atoms with Gasteiger partial charge in [-0.15, -0.1) is 0 Å². The first-order valence-electron chi connectivity index (χ1n) is 4.46. The Balaban J connectivity index is 3.56. The Bertz CT molecular complexity index is 213. The highest BCUT2D eigenvalue weighted by Gasteiger charge is 2.08. The number of rotatable bonds is 7. The third-order valence-corrected chi connectivity index (χ3v) is 3.64. The molecule has 0 saturated carbocycles. The van der Waals surface area contributed by atoms with Gasteiger partial charge in [-0.25, -0.2) is 8.42 Å². The molecule has 0 aromatic heterocycles. The van der Waals surface area contributed by atoms with E-state index in [1.54, 1.807) is 14.0 Å². The fourth-order valence-corrected chi connectivity index (χ4v) is 1.90. The van der Waals surface area contributed by atoms with Crippen molar-refractivity contribution in [2.24, 2.45) is 5.73 Å². The molecule has 0 rings (SSSR count). The van der Waals surface area contributed by atoms with Gasteiger partial charge in [-0.05, 0) is 12.8 Å². The van der Waals surface area contributed by atoms with Crippen LogP contribution in [0.15, 0.2) is 0 Å². The Morgan fingerprint density at radius 2 is 2.08 bits per heavy atom. The van der Waals surface area contributed by atoms with Gasteiger partial charge in [-0.2, -0.15) is 0 Å². The lowest BCUT2D eigenvalue weighted by Gasteiger charge is -2.09. The monoisotopic (exact) mass is 209 g/mol. The Hall–Kier alpha value is -0.130. The van der Waals surface area contributed by atoms with Crippen molar-refractivity contribution in [1.82, 2.24) is 0 Å². The second-order valence-corrected chi connectivity index (χ2v) is 5.57. The summed E-state index contributed by atoms with van der Waals surface area (Å²) in [7, 11) is -1.24. The van der Waals surface area contributed by atoms with Crippen molar-refractivity contribution < 1.29 is 13.2 Å². The molecule has 0 spiro atoms. The quantitative estimate of drug-likeness (QED) is 0.649. The summed E-state index contributed by atoms with van der Waals surface area (Å²) in [5.74, 6) is 0.452. The molecule has 0 amide bonds. The molecule has 0 bridgehead atoms. The Kier molecular flexibility index (Phi) is 6.28. The molecule has 0 aliphatic rings. The van der Waals surface area contributed by atoms with E-state index in [1.807, 2.05) is 0 Å². The minimum absolute atomic E-state index is 0.0444. The van der Waals surface area contributed by atoms with Gasteiger partial charge < -0.3 is 10.5 Å². The first-order valence-corrected chi connectivity index (χ1v) is 6.29. The molecular formula is C8H19NO3S. The molecule has 0 aliphatic heterocycles. The average molecular weight is 209 g/mol. The highest BCUT2D eigenvalue weighted by Crippen LogP contribution is 2.00. The van der Waals surface area contributed by atoms with Crippen LogP contribution >= 0.6 is 0 Å². The number of ether oxygens (including phenoxy) is 1. The van der Waals surface area contributed by atoms with Crippen LogP contribution in [0.25, 0.3) is 0 Å². The van der Waals surface area contributed by atoms with E-state index in [4.69, 9.17) is 10.5 Å². The lowest BCUT2D eigenvalue weighted by Crippen LogP contribution is -2.26.